The molecule has 1 amide bonds. The lowest BCUT2D eigenvalue weighted by Gasteiger charge is -2.05. The Bertz CT molecular complexity index is 917. The first kappa shape index (κ1) is 18.8. The first-order valence-corrected chi connectivity index (χ1v) is 9.75. The number of amides is 1. The number of hydrazone groups is 1. The van der Waals surface area contributed by atoms with Gasteiger partial charge in [0.15, 0.2) is 0 Å². The van der Waals surface area contributed by atoms with Crippen molar-refractivity contribution in [2.45, 2.75) is 26.7 Å². The molecule has 3 aromatic rings. The Kier molecular flexibility index (Phi) is 6.33. The molecule has 0 bridgehead atoms. The van der Waals surface area contributed by atoms with E-state index in [1.807, 2.05) is 73.8 Å². The number of nitrogens with one attached hydrogen (secondary N) is 2. The minimum absolute atomic E-state index is 0.0389. The number of anilines is 2. The summed E-state index contributed by atoms with van der Waals surface area (Å²) in [6, 6.07) is 17.7. The average molecular weight is 379 g/mol. The Labute approximate surface area is 163 Å². The summed E-state index contributed by atoms with van der Waals surface area (Å²) >= 11 is 1.50. The van der Waals surface area contributed by atoms with E-state index in [1.54, 1.807) is 0 Å². The molecule has 0 unspecified atom stereocenters. The van der Waals surface area contributed by atoms with Crippen molar-refractivity contribution < 1.29 is 4.79 Å². The Hall–Kier alpha value is -2.99. The molecule has 0 saturated carbocycles. The number of aromatic nitrogens is 1. The van der Waals surface area contributed by atoms with Gasteiger partial charge in [-0.1, -0.05) is 49.4 Å². The highest BCUT2D eigenvalue weighted by Gasteiger charge is 2.06. The Balaban J connectivity index is 1.64. The number of benzene rings is 2. The maximum atomic E-state index is 11.7. The summed E-state index contributed by atoms with van der Waals surface area (Å²) in [5, 5.41) is 10.0. The zero-order chi connectivity index (χ0) is 19.1. The molecule has 0 radical (unpaired) electrons. The van der Waals surface area contributed by atoms with E-state index in [1.165, 1.54) is 11.3 Å². The number of nitrogens with zero attached hydrogens (tertiary/aromatic N) is 2. The molecule has 0 saturated heterocycles. The third kappa shape index (κ3) is 5.24. The number of carbonyl (C=O) groups excluding carboxylic acids is 1. The van der Waals surface area contributed by atoms with Gasteiger partial charge in [0.2, 0.25) is 11.0 Å². The monoisotopic (exact) mass is 378 g/mol. The van der Waals surface area contributed by atoms with Crippen molar-refractivity contribution in [2.24, 2.45) is 5.10 Å². The molecule has 2 N–H and O–H groups in total. The van der Waals surface area contributed by atoms with Crippen LogP contribution in [0.5, 0.6) is 0 Å². The summed E-state index contributed by atoms with van der Waals surface area (Å²) in [6.07, 6.45) is 1.37. The third-order valence-electron chi connectivity index (χ3n) is 3.96. The largest absolute Gasteiger partial charge is 0.326 e. The van der Waals surface area contributed by atoms with E-state index in [0.717, 1.165) is 39.8 Å². The van der Waals surface area contributed by atoms with E-state index in [4.69, 9.17) is 0 Å². The van der Waals surface area contributed by atoms with Gasteiger partial charge in [-0.25, -0.2) is 4.98 Å². The van der Waals surface area contributed by atoms with Gasteiger partial charge in [-0.05, 0) is 31.0 Å². The van der Waals surface area contributed by atoms with Crippen LogP contribution in [-0.4, -0.2) is 16.6 Å². The normalized spacial score (nSPS) is 11.3. The molecular weight excluding hydrogens is 356 g/mol. The van der Waals surface area contributed by atoms with Gasteiger partial charge in [-0.2, -0.15) is 5.10 Å². The minimum Gasteiger partial charge on any atom is -0.326 e. The minimum atomic E-state index is 0.0389. The SMILES string of the molecule is CCCC(=O)Nc1ccc(-c2csc(N/N=C(\C)c3ccccc3)n2)cc1. The average Bonchev–Trinajstić information content (AvgIpc) is 3.16. The fourth-order valence-electron chi connectivity index (χ4n) is 2.51. The number of rotatable bonds is 7. The van der Waals surface area contributed by atoms with Gasteiger partial charge in [0.05, 0.1) is 11.4 Å². The van der Waals surface area contributed by atoms with Crippen LogP contribution in [-0.2, 0) is 4.79 Å². The molecule has 1 aromatic heterocycles. The van der Waals surface area contributed by atoms with Crippen molar-refractivity contribution in [1.82, 2.24) is 4.98 Å². The molecule has 0 atom stereocenters. The molecule has 6 heteroatoms. The maximum absolute atomic E-state index is 11.7. The molecule has 1 heterocycles. The Morgan fingerprint density at radius 2 is 1.85 bits per heavy atom. The van der Waals surface area contributed by atoms with Crippen molar-refractivity contribution in [3.63, 3.8) is 0 Å². The number of hydrogen-bond donors (Lipinski definition) is 2. The van der Waals surface area contributed by atoms with Gasteiger partial charge in [0.25, 0.3) is 0 Å². The molecule has 5 nitrogen and oxygen atoms in total. The van der Waals surface area contributed by atoms with Crippen molar-refractivity contribution in [3.8, 4) is 11.3 Å². The standard InChI is InChI=1S/C21H22N4OS/c1-3-7-20(26)22-18-12-10-17(11-13-18)19-14-27-21(23-19)25-24-15(2)16-8-5-4-6-9-16/h4-6,8-14H,3,7H2,1-2H3,(H,22,26)(H,23,25)/b24-15+. The topological polar surface area (TPSA) is 66.4 Å². The maximum Gasteiger partial charge on any atom is 0.224 e. The fourth-order valence-corrected chi connectivity index (χ4v) is 3.17. The van der Waals surface area contributed by atoms with E-state index in [2.05, 4.69) is 20.8 Å². The molecule has 138 valence electrons. The molecule has 0 spiro atoms. The quantitative estimate of drug-likeness (QED) is 0.428. The summed E-state index contributed by atoms with van der Waals surface area (Å²) in [5.74, 6) is 0.0389. The van der Waals surface area contributed by atoms with Gasteiger partial charge in [0.1, 0.15) is 0 Å². The predicted octanol–water partition coefficient (Wildman–Crippen LogP) is 5.38. The van der Waals surface area contributed by atoms with Crippen LogP contribution in [0.2, 0.25) is 0 Å². The van der Waals surface area contributed by atoms with E-state index >= 15 is 0 Å². The lowest BCUT2D eigenvalue weighted by molar-refractivity contribution is -0.116. The van der Waals surface area contributed by atoms with Crippen LogP contribution in [0.3, 0.4) is 0 Å². The van der Waals surface area contributed by atoms with Crippen molar-refractivity contribution in [1.29, 1.82) is 0 Å². The fraction of sp³-hybridized carbons (Fsp3) is 0.190. The number of thiazole rings is 1. The Morgan fingerprint density at radius 1 is 1.11 bits per heavy atom. The van der Waals surface area contributed by atoms with Crippen molar-refractivity contribution in [2.75, 3.05) is 10.7 Å². The number of hydrogen-bond acceptors (Lipinski definition) is 5. The molecule has 0 aliphatic carbocycles. The zero-order valence-electron chi connectivity index (χ0n) is 15.4. The van der Waals surface area contributed by atoms with E-state index < -0.39 is 0 Å². The molecule has 2 aromatic carbocycles. The number of carbonyl (C=O) groups is 1. The van der Waals surface area contributed by atoms with Crippen LogP contribution in [0.25, 0.3) is 11.3 Å². The van der Waals surface area contributed by atoms with Gasteiger partial charge in [-0.3, -0.25) is 10.2 Å². The second-order valence-corrected chi connectivity index (χ2v) is 6.95. The van der Waals surface area contributed by atoms with Crippen LogP contribution in [0.1, 0.15) is 32.3 Å². The summed E-state index contributed by atoms with van der Waals surface area (Å²) < 4.78 is 0. The second kappa shape index (κ2) is 9.09. The van der Waals surface area contributed by atoms with Gasteiger partial charge < -0.3 is 5.32 Å². The summed E-state index contributed by atoms with van der Waals surface area (Å²) in [5.41, 5.74) is 7.67. The molecule has 3 rings (SSSR count). The van der Waals surface area contributed by atoms with Crippen molar-refractivity contribution >= 4 is 33.8 Å². The first-order chi connectivity index (χ1) is 13.2. The van der Waals surface area contributed by atoms with Gasteiger partial charge >= 0.3 is 0 Å². The van der Waals surface area contributed by atoms with Crippen LogP contribution >= 0.6 is 11.3 Å². The molecule has 27 heavy (non-hydrogen) atoms. The lowest BCUT2D eigenvalue weighted by Crippen LogP contribution is -2.10. The smallest absolute Gasteiger partial charge is 0.224 e. The van der Waals surface area contributed by atoms with Crippen LogP contribution in [0.15, 0.2) is 65.1 Å². The van der Waals surface area contributed by atoms with E-state index in [9.17, 15) is 4.79 Å². The summed E-state index contributed by atoms with van der Waals surface area (Å²) in [7, 11) is 0. The van der Waals surface area contributed by atoms with Gasteiger partial charge in [0, 0.05) is 23.1 Å². The molecule has 0 aliphatic heterocycles. The van der Waals surface area contributed by atoms with E-state index in [0.29, 0.717) is 6.42 Å². The van der Waals surface area contributed by atoms with Crippen molar-refractivity contribution in [3.05, 3.63) is 65.5 Å². The zero-order valence-corrected chi connectivity index (χ0v) is 16.2. The highest BCUT2D eigenvalue weighted by Crippen LogP contribution is 2.26. The predicted molar refractivity (Wildman–Crippen MR) is 113 cm³/mol. The first-order valence-electron chi connectivity index (χ1n) is 8.87. The van der Waals surface area contributed by atoms with Crippen LogP contribution in [0.4, 0.5) is 10.8 Å². The van der Waals surface area contributed by atoms with Crippen LogP contribution in [0, 0.1) is 0 Å². The van der Waals surface area contributed by atoms with Gasteiger partial charge in [-0.15, -0.1) is 11.3 Å². The lowest BCUT2D eigenvalue weighted by atomic mass is 10.1. The third-order valence-corrected chi connectivity index (χ3v) is 4.70. The summed E-state index contributed by atoms with van der Waals surface area (Å²) in [4.78, 5) is 16.2. The molecule has 0 aliphatic rings. The molecular formula is C21H22N4OS. The second-order valence-electron chi connectivity index (χ2n) is 6.09. The molecule has 0 fully saturated rings. The summed E-state index contributed by atoms with van der Waals surface area (Å²) in [6.45, 7) is 3.95. The Morgan fingerprint density at radius 3 is 2.56 bits per heavy atom. The highest BCUT2D eigenvalue weighted by atomic mass is 32.1. The van der Waals surface area contributed by atoms with E-state index in [-0.39, 0.29) is 5.91 Å². The van der Waals surface area contributed by atoms with Crippen LogP contribution < -0.4 is 10.7 Å². The highest BCUT2D eigenvalue weighted by molar-refractivity contribution is 7.14.